The molecule has 98 valence electrons. The number of amides is 1. The molecule has 0 aromatic heterocycles. The lowest BCUT2D eigenvalue weighted by molar-refractivity contribution is 0.122. The largest absolute Gasteiger partial charge is 0.444 e. The number of hydrogen-bond donors (Lipinski definition) is 1. The Bertz CT molecular complexity index is 389. The van der Waals surface area contributed by atoms with Crippen molar-refractivity contribution in [2.45, 2.75) is 45.3 Å². The minimum absolute atomic E-state index is 0.0140. The van der Waals surface area contributed by atoms with Crippen LogP contribution in [-0.2, 0) is 11.2 Å². The van der Waals surface area contributed by atoms with Gasteiger partial charge in [-0.1, -0.05) is 44.2 Å². The van der Waals surface area contributed by atoms with Crippen molar-refractivity contribution in [2.75, 3.05) is 0 Å². The number of cyclic esters (lactones) is 1. The third-order valence-electron chi connectivity index (χ3n) is 3.34. The summed E-state index contributed by atoms with van der Waals surface area (Å²) in [5.74, 6) is 0.640. The lowest BCUT2D eigenvalue weighted by Gasteiger charge is -2.17. The first-order valence-corrected chi connectivity index (χ1v) is 6.66. The predicted octanol–water partition coefficient (Wildman–Crippen LogP) is 3.14. The maximum atomic E-state index is 11.4. The summed E-state index contributed by atoms with van der Waals surface area (Å²) >= 11 is 0. The summed E-state index contributed by atoms with van der Waals surface area (Å²) in [5.41, 5.74) is 1.24. The number of ether oxygens (including phenoxy) is 1. The number of benzene rings is 1. The molecule has 2 rings (SSSR count). The van der Waals surface area contributed by atoms with Crippen LogP contribution < -0.4 is 5.32 Å². The van der Waals surface area contributed by atoms with Crippen LogP contribution in [0.15, 0.2) is 30.3 Å². The van der Waals surface area contributed by atoms with Gasteiger partial charge in [-0.2, -0.15) is 0 Å². The van der Waals surface area contributed by atoms with Crippen molar-refractivity contribution in [3.05, 3.63) is 35.9 Å². The van der Waals surface area contributed by atoms with Crippen LogP contribution in [0.25, 0.3) is 0 Å². The second kappa shape index (κ2) is 5.89. The Morgan fingerprint density at radius 1 is 1.28 bits per heavy atom. The van der Waals surface area contributed by atoms with E-state index in [1.807, 2.05) is 18.2 Å². The van der Waals surface area contributed by atoms with Crippen molar-refractivity contribution in [3.8, 4) is 0 Å². The van der Waals surface area contributed by atoms with E-state index in [1.165, 1.54) is 5.56 Å². The molecule has 3 heteroatoms. The zero-order valence-electron chi connectivity index (χ0n) is 11.1. The summed E-state index contributed by atoms with van der Waals surface area (Å²) in [4.78, 5) is 11.4. The van der Waals surface area contributed by atoms with Gasteiger partial charge < -0.3 is 10.1 Å². The number of nitrogens with one attached hydrogen (secondary N) is 1. The van der Waals surface area contributed by atoms with Crippen molar-refractivity contribution in [2.24, 2.45) is 5.92 Å². The lowest BCUT2D eigenvalue weighted by Crippen LogP contribution is -2.33. The zero-order valence-corrected chi connectivity index (χ0v) is 11.1. The van der Waals surface area contributed by atoms with E-state index in [2.05, 4.69) is 31.3 Å². The predicted molar refractivity (Wildman–Crippen MR) is 71.4 cm³/mol. The topological polar surface area (TPSA) is 38.3 Å². The maximum Gasteiger partial charge on any atom is 0.407 e. The van der Waals surface area contributed by atoms with Crippen LogP contribution in [0.4, 0.5) is 4.79 Å². The van der Waals surface area contributed by atoms with E-state index >= 15 is 0 Å². The second-order valence-corrected chi connectivity index (χ2v) is 5.36. The molecule has 1 aromatic carbocycles. The van der Waals surface area contributed by atoms with Gasteiger partial charge in [0.1, 0.15) is 6.10 Å². The number of alkyl carbamates (subject to hydrolysis) is 1. The Hall–Kier alpha value is -1.51. The molecule has 1 heterocycles. The van der Waals surface area contributed by atoms with Crippen LogP contribution in [0, 0.1) is 5.92 Å². The van der Waals surface area contributed by atoms with Crippen molar-refractivity contribution >= 4 is 6.09 Å². The quantitative estimate of drug-likeness (QED) is 0.868. The molecule has 0 aliphatic carbocycles. The minimum Gasteiger partial charge on any atom is -0.444 e. The van der Waals surface area contributed by atoms with Gasteiger partial charge in [-0.3, -0.25) is 0 Å². The SMILES string of the molecule is CC(C)CCC1OC(=O)NC1Cc1ccccc1. The first-order chi connectivity index (χ1) is 8.65. The van der Waals surface area contributed by atoms with Crippen LogP contribution in [0.3, 0.4) is 0 Å². The molecule has 2 unspecified atom stereocenters. The van der Waals surface area contributed by atoms with Gasteiger partial charge in [0.15, 0.2) is 0 Å². The number of rotatable bonds is 5. The highest BCUT2D eigenvalue weighted by Crippen LogP contribution is 2.20. The molecule has 0 saturated carbocycles. The molecular formula is C15H21NO2. The Balaban J connectivity index is 1.94. The van der Waals surface area contributed by atoms with Gasteiger partial charge in [0.25, 0.3) is 0 Å². The van der Waals surface area contributed by atoms with E-state index in [9.17, 15) is 4.79 Å². The summed E-state index contributed by atoms with van der Waals surface area (Å²) in [7, 11) is 0. The van der Waals surface area contributed by atoms with Gasteiger partial charge in [-0.25, -0.2) is 4.79 Å². The molecule has 1 saturated heterocycles. The second-order valence-electron chi connectivity index (χ2n) is 5.36. The molecule has 0 radical (unpaired) electrons. The van der Waals surface area contributed by atoms with Gasteiger partial charge in [0.2, 0.25) is 0 Å². The molecule has 1 aliphatic rings. The minimum atomic E-state index is -0.273. The van der Waals surface area contributed by atoms with Crippen molar-refractivity contribution in [1.82, 2.24) is 5.32 Å². The Labute approximate surface area is 109 Å². The molecule has 1 N–H and O–H groups in total. The molecule has 0 bridgehead atoms. The van der Waals surface area contributed by atoms with Crippen LogP contribution in [0.5, 0.6) is 0 Å². The average molecular weight is 247 g/mol. The first kappa shape index (κ1) is 12.9. The van der Waals surface area contributed by atoms with Crippen LogP contribution in [-0.4, -0.2) is 18.2 Å². The smallest absolute Gasteiger partial charge is 0.407 e. The summed E-state index contributed by atoms with van der Waals surface area (Å²) in [6.45, 7) is 4.38. The maximum absolute atomic E-state index is 11.4. The Kier molecular flexibility index (Phi) is 4.24. The fourth-order valence-electron chi connectivity index (χ4n) is 2.31. The van der Waals surface area contributed by atoms with Gasteiger partial charge >= 0.3 is 6.09 Å². The number of hydrogen-bond acceptors (Lipinski definition) is 2. The third-order valence-corrected chi connectivity index (χ3v) is 3.34. The first-order valence-electron chi connectivity index (χ1n) is 6.66. The van der Waals surface area contributed by atoms with Gasteiger partial charge in [-0.05, 0) is 30.7 Å². The Morgan fingerprint density at radius 3 is 2.67 bits per heavy atom. The summed E-state index contributed by atoms with van der Waals surface area (Å²) in [6, 6.07) is 10.3. The highest BCUT2D eigenvalue weighted by Gasteiger charge is 2.33. The van der Waals surface area contributed by atoms with E-state index in [1.54, 1.807) is 0 Å². The molecule has 3 nitrogen and oxygen atoms in total. The molecule has 1 aromatic rings. The zero-order chi connectivity index (χ0) is 13.0. The van der Waals surface area contributed by atoms with E-state index in [0.717, 1.165) is 19.3 Å². The van der Waals surface area contributed by atoms with Gasteiger partial charge in [0, 0.05) is 0 Å². The molecule has 1 fully saturated rings. The van der Waals surface area contributed by atoms with E-state index in [4.69, 9.17) is 4.74 Å². The fraction of sp³-hybridized carbons (Fsp3) is 0.533. The van der Waals surface area contributed by atoms with Gasteiger partial charge in [0.05, 0.1) is 6.04 Å². The molecule has 2 atom stereocenters. The molecule has 0 spiro atoms. The average Bonchev–Trinajstić information content (AvgIpc) is 2.68. The number of carbonyl (C=O) groups is 1. The molecule has 1 aliphatic heterocycles. The summed E-state index contributed by atoms with van der Waals surface area (Å²) < 4.78 is 5.35. The molecule has 18 heavy (non-hydrogen) atoms. The van der Waals surface area contributed by atoms with Crippen LogP contribution in [0.1, 0.15) is 32.3 Å². The Morgan fingerprint density at radius 2 is 2.00 bits per heavy atom. The molecular weight excluding hydrogens is 226 g/mol. The van der Waals surface area contributed by atoms with Crippen LogP contribution in [0.2, 0.25) is 0 Å². The number of carbonyl (C=O) groups excluding carboxylic acids is 1. The van der Waals surface area contributed by atoms with Crippen molar-refractivity contribution < 1.29 is 9.53 Å². The summed E-state index contributed by atoms with van der Waals surface area (Å²) in [6.07, 6.45) is 2.61. The third kappa shape index (κ3) is 3.49. The molecule has 1 amide bonds. The van der Waals surface area contributed by atoms with Crippen LogP contribution >= 0.6 is 0 Å². The highest BCUT2D eigenvalue weighted by atomic mass is 16.6. The van der Waals surface area contributed by atoms with E-state index in [-0.39, 0.29) is 18.2 Å². The summed E-state index contributed by atoms with van der Waals surface area (Å²) in [5, 5.41) is 2.92. The van der Waals surface area contributed by atoms with Gasteiger partial charge in [-0.15, -0.1) is 0 Å². The van der Waals surface area contributed by atoms with E-state index in [0.29, 0.717) is 5.92 Å². The fourth-order valence-corrected chi connectivity index (χ4v) is 2.31. The monoisotopic (exact) mass is 247 g/mol. The normalized spacial score (nSPS) is 22.9. The lowest BCUT2D eigenvalue weighted by atomic mass is 9.96. The standard InChI is InChI=1S/C15H21NO2/c1-11(2)8-9-14-13(16-15(17)18-14)10-12-6-4-3-5-7-12/h3-7,11,13-14H,8-10H2,1-2H3,(H,16,17). The van der Waals surface area contributed by atoms with Crippen molar-refractivity contribution in [3.63, 3.8) is 0 Å². The van der Waals surface area contributed by atoms with Crippen molar-refractivity contribution in [1.29, 1.82) is 0 Å². The highest BCUT2D eigenvalue weighted by molar-refractivity contribution is 5.70. The van der Waals surface area contributed by atoms with E-state index < -0.39 is 0 Å².